The molecule has 0 amide bonds. The van der Waals surface area contributed by atoms with Crippen LogP contribution in [0.3, 0.4) is 0 Å². The van der Waals surface area contributed by atoms with Crippen LogP contribution < -0.4 is 9.47 Å². The van der Waals surface area contributed by atoms with Crippen molar-refractivity contribution in [2.75, 3.05) is 6.54 Å². The van der Waals surface area contributed by atoms with Crippen molar-refractivity contribution < 1.29 is 24.0 Å². The molecule has 0 atom stereocenters. The van der Waals surface area contributed by atoms with Crippen LogP contribution in [0.1, 0.15) is 24.2 Å². The van der Waals surface area contributed by atoms with E-state index >= 15 is 0 Å². The van der Waals surface area contributed by atoms with Crippen molar-refractivity contribution in [3.63, 3.8) is 0 Å². The van der Waals surface area contributed by atoms with Crippen LogP contribution in [-0.4, -0.2) is 29.8 Å². The molecule has 19 heavy (non-hydrogen) atoms. The molecule has 0 heterocycles. The quantitative estimate of drug-likeness (QED) is 0.254. The van der Waals surface area contributed by atoms with E-state index in [1.807, 2.05) is 0 Å². The minimum atomic E-state index is -1.06. The monoisotopic (exact) mass is 267 g/mol. The Morgan fingerprint density at radius 1 is 1.47 bits per heavy atom. The molecular formula is C12H13NO6. The molecule has 0 aliphatic rings. The van der Waals surface area contributed by atoms with Crippen LogP contribution in [0.15, 0.2) is 18.2 Å². The minimum Gasteiger partial charge on any atom is -0.487 e. The summed E-state index contributed by atoms with van der Waals surface area (Å²) in [6.45, 7) is 2.54. The topological polar surface area (TPSA) is 95.7 Å². The maximum absolute atomic E-state index is 11.3. The molecule has 7 heteroatoms. The van der Waals surface area contributed by atoms with Crippen molar-refractivity contribution in [1.82, 2.24) is 0 Å². The first-order chi connectivity index (χ1) is 8.93. The Morgan fingerprint density at radius 3 is 2.68 bits per heavy atom. The summed E-state index contributed by atoms with van der Waals surface area (Å²) >= 11 is 0. The Balaban J connectivity index is 3.04. The molecular weight excluding hydrogens is 254 g/mol. The number of hydrogen-bond donors (Lipinski definition) is 0. The van der Waals surface area contributed by atoms with Gasteiger partial charge >= 0.3 is 5.97 Å². The lowest BCUT2D eigenvalue weighted by Gasteiger charge is -2.14. The summed E-state index contributed by atoms with van der Waals surface area (Å²) in [6, 6.07) is 4.50. The van der Waals surface area contributed by atoms with Gasteiger partial charge < -0.3 is 9.47 Å². The average molecular weight is 267 g/mol. The first-order valence-electron chi connectivity index (χ1n) is 5.51. The van der Waals surface area contributed by atoms with E-state index in [1.165, 1.54) is 12.1 Å². The number of nitro groups is 1. The standard InChI is InChI=1S/C12H13NO6/c1-8(2)18-10-5-3-4-9(7-14)12(10)19-11(15)6-13(16)17/h3-5,7-8H,6H2,1-2H3. The summed E-state index contributed by atoms with van der Waals surface area (Å²) in [5.41, 5.74) is 0.0925. The third-order valence-electron chi connectivity index (χ3n) is 1.97. The SMILES string of the molecule is CC(C)Oc1cccc(C=O)c1OC(=O)C[N+](=O)[O-]. The zero-order valence-electron chi connectivity index (χ0n) is 10.5. The summed E-state index contributed by atoms with van der Waals surface area (Å²) in [5.74, 6) is -0.970. The first kappa shape index (κ1) is 14.6. The summed E-state index contributed by atoms with van der Waals surface area (Å²) in [7, 11) is 0. The summed E-state index contributed by atoms with van der Waals surface area (Å²) < 4.78 is 10.2. The van der Waals surface area contributed by atoms with Crippen LogP contribution in [0.25, 0.3) is 0 Å². The summed E-state index contributed by atoms with van der Waals surface area (Å²) in [4.78, 5) is 31.6. The number of carbonyl (C=O) groups excluding carboxylic acids is 2. The second kappa shape index (κ2) is 6.48. The van der Waals surface area contributed by atoms with E-state index in [1.54, 1.807) is 19.9 Å². The van der Waals surface area contributed by atoms with Crippen LogP contribution in [0.2, 0.25) is 0 Å². The molecule has 102 valence electrons. The number of aldehydes is 1. The smallest absolute Gasteiger partial charge is 0.384 e. The van der Waals surface area contributed by atoms with Gasteiger partial charge in [0.15, 0.2) is 17.8 Å². The molecule has 0 aromatic heterocycles. The average Bonchev–Trinajstić information content (AvgIpc) is 2.29. The predicted molar refractivity (Wildman–Crippen MR) is 65.1 cm³/mol. The number of carbonyl (C=O) groups is 2. The maximum Gasteiger partial charge on any atom is 0.384 e. The normalized spacial score (nSPS) is 10.1. The van der Waals surface area contributed by atoms with Gasteiger partial charge in [-0.05, 0) is 26.0 Å². The van der Waals surface area contributed by atoms with E-state index in [0.29, 0.717) is 6.29 Å². The lowest BCUT2D eigenvalue weighted by atomic mass is 10.2. The fourth-order valence-electron chi connectivity index (χ4n) is 1.33. The number of esters is 1. The van der Waals surface area contributed by atoms with Gasteiger partial charge in [0.25, 0.3) is 6.54 Å². The molecule has 0 aliphatic carbocycles. The first-order valence-corrected chi connectivity index (χ1v) is 5.51. The van der Waals surface area contributed by atoms with E-state index in [4.69, 9.17) is 9.47 Å². The summed E-state index contributed by atoms with van der Waals surface area (Å²) in [5, 5.41) is 10.2. The third kappa shape index (κ3) is 4.38. The van der Waals surface area contributed by atoms with Gasteiger partial charge in [0.05, 0.1) is 11.7 Å². The van der Waals surface area contributed by atoms with E-state index < -0.39 is 17.4 Å². The van der Waals surface area contributed by atoms with Gasteiger partial charge in [0.2, 0.25) is 0 Å². The van der Waals surface area contributed by atoms with Crippen molar-refractivity contribution in [1.29, 1.82) is 0 Å². The third-order valence-corrected chi connectivity index (χ3v) is 1.97. The van der Waals surface area contributed by atoms with E-state index in [0.717, 1.165) is 0 Å². The summed E-state index contributed by atoms with van der Waals surface area (Å²) in [6.07, 6.45) is 0.289. The van der Waals surface area contributed by atoms with Crippen LogP contribution in [0.4, 0.5) is 0 Å². The number of nitrogens with zero attached hydrogens (tertiary/aromatic N) is 1. The number of rotatable bonds is 6. The van der Waals surface area contributed by atoms with Crippen LogP contribution in [0, 0.1) is 10.1 Å². The largest absolute Gasteiger partial charge is 0.487 e. The zero-order valence-corrected chi connectivity index (χ0v) is 10.5. The molecule has 0 bridgehead atoms. The van der Waals surface area contributed by atoms with Gasteiger partial charge in [-0.1, -0.05) is 6.07 Å². The Labute approximate surface area is 109 Å². The Hall–Kier alpha value is -2.44. The fourth-order valence-corrected chi connectivity index (χ4v) is 1.33. The number of hydrogen-bond acceptors (Lipinski definition) is 6. The van der Waals surface area contributed by atoms with Gasteiger partial charge in [-0.15, -0.1) is 0 Å². The molecule has 0 saturated carbocycles. The molecule has 0 unspecified atom stereocenters. The minimum absolute atomic E-state index is 0.0925. The predicted octanol–water partition coefficient (Wildman–Crippen LogP) is 1.47. The Morgan fingerprint density at radius 2 is 2.16 bits per heavy atom. The number of ether oxygens (including phenoxy) is 2. The molecule has 0 saturated heterocycles. The second-order valence-electron chi connectivity index (χ2n) is 3.92. The van der Waals surface area contributed by atoms with Crippen molar-refractivity contribution in [2.24, 2.45) is 0 Å². The zero-order chi connectivity index (χ0) is 14.4. The number of benzene rings is 1. The molecule has 0 radical (unpaired) electrons. The van der Waals surface area contributed by atoms with Gasteiger partial charge in [-0.3, -0.25) is 14.9 Å². The van der Waals surface area contributed by atoms with Crippen LogP contribution in [0.5, 0.6) is 11.5 Å². The second-order valence-corrected chi connectivity index (χ2v) is 3.92. The molecule has 1 aromatic rings. The highest BCUT2D eigenvalue weighted by Gasteiger charge is 2.19. The highest BCUT2D eigenvalue weighted by atomic mass is 16.6. The number of para-hydroxylation sites is 1. The van der Waals surface area contributed by atoms with Crippen LogP contribution in [-0.2, 0) is 4.79 Å². The van der Waals surface area contributed by atoms with Crippen molar-refractivity contribution >= 4 is 12.3 Å². The van der Waals surface area contributed by atoms with E-state index in [9.17, 15) is 19.7 Å². The molecule has 7 nitrogen and oxygen atoms in total. The maximum atomic E-state index is 11.3. The molecule has 0 spiro atoms. The lowest BCUT2D eigenvalue weighted by molar-refractivity contribution is -0.469. The highest BCUT2D eigenvalue weighted by Crippen LogP contribution is 2.31. The van der Waals surface area contributed by atoms with Crippen molar-refractivity contribution in [3.05, 3.63) is 33.9 Å². The Bertz CT molecular complexity index is 497. The van der Waals surface area contributed by atoms with Crippen molar-refractivity contribution in [3.8, 4) is 11.5 Å². The highest BCUT2D eigenvalue weighted by molar-refractivity contribution is 5.84. The fraction of sp³-hybridized carbons (Fsp3) is 0.333. The van der Waals surface area contributed by atoms with Crippen LogP contribution >= 0.6 is 0 Å². The van der Waals surface area contributed by atoms with E-state index in [2.05, 4.69) is 0 Å². The molecule has 0 N–H and O–H groups in total. The Kier molecular flexibility index (Phi) is 4.99. The van der Waals surface area contributed by atoms with Gasteiger partial charge in [0, 0.05) is 4.92 Å². The lowest BCUT2D eigenvalue weighted by Crippen LogP contribution is -2.20. The molecule has 0 aliphatic heterocycles. The van der Waals surface area contributed by atoms with Crippen molar-refractivity contribution in [2.45, 2.75) is 20.0 Å². The van der Waals surface area contributed by atoms with Gasteiger partial charge in [-0.25, -0.2) is 4.79 Å². The molecule has 1 aromatic carbocycles. The van der Waals surface area contributed by atoms with E-state index in [-0.39, 0.29) is 23.2 Å². The van der Waals surface area contributed by atoms with Gasteiger partial charge in [-0.2, -0.15) is 0 Å². The molecule has 0 fully saturated rings. The molecule has 1 rings (SSSR count). The van der Waals surface area contributed by atoms with Gasteiger partial charge in [0.1, 0.15) is 0 Å².